The smallest absolute Gasteiger partial charge is 0.244 e. The van der Waals surface area contributed by atoms with Gasteiger partial charge in [0.15, 0.2) is 9.84 Å². The van der Waals surface area contributed by atoms with Crippen LogP contribution in [0.25, 0.3) is 17.0 Å². The average molecular weight is 347 g/mol. The molecule has 3 rings (SSSR count). The maximum Gasteiger partial charge on any atom is 0.244 e. The minimum absolute atomic E-state index is 0.00552. The van der Waals surface area contributed by atoms with Crippen LogP contribution in [0.5, 0.6) is 0 Å². The zero-order valence-corrected chi connectivity index (χ0v) is 14.7. The standard InChI is InChI=1S/C18H21NO4S/c1-3-15-14(13-6-4-5-7-16(13)23-15)8-9-17(20)19-18(2)10-11-24(21,22)12-18/h4-9H,3,10-12H2,1-2H3,(H,19,20). The predicted molar refractivity (Wildman–Crippen MR) is 94.4 cm³/mol. The third kappa shape index (κ3) is 3.38. The highest BCUT2D eigenvalue weighted by atomic mass is 32.2. The van der Waals surface area contributed by atoms with E-state index in [1.54, 1.807) is 13.0 Å². The Balaban J connectivity index is 1.80. The molecule has 6 heteroatoms. The topological polar surface area (TPSA) is 76.4 Å². The maximum atomic E-state index is 12.2. The first-order valence-corrected chi connectivity index (χ1v) is 9.85. The van der Waals surface area contributed by atoms with Gasteiger partial charge in [0.25, 0.3) is 0 Å². The molecule has 1 unspecified atom stereocenters. The molecule has 1 amide bonds. The van der Waals surface area contributed by atoms with E-state index in [0.717, 1.165) is 28.7 Å². The lowest BCUT2D eigenvalue weighted by Crippen LogP contribution is -2.46. The van der Waals surface area contributed by atoms with Gasteiger partial charge in [-0.2, -0.15) is 0 Å². The number of nitrogens with one attached hydrogen (secondary N) is 1. The van der Waals surface area contributed by atoms with Crippen LogP contribution in [0.15, 0.2) is 34.8 Å². The Morgan fingerprint density at radius 3 is 2.79 bits per heavy atom. The van der Waals surface area contributed by atoms with Crippen molar-refractivity contribution in [2.24, 2.45) is 0 Å². The fourth-order valence-electron chi connectivity index (χ4n) is 3.17. The summed E-state index contributed by atoms with van der Waals surface area (Å²) >= 11 is 0. The van der Waals surface area contributed by atoms with E-state index >= 15 is 0 Å². The van der Waals surface area contributed by atoms with Gasteiger partial charge in [-0.25, -0.2) is 8.42 Å². The number of carbonyl (C=O) groups is 1. The van der Waals surface area contributed by atoms with Gasteiger partial charge in [-0.3, -0.25) is 4.79 Å². The molecule has 1 aliphatic heterocycles. The Labute approximate surface area is 141 Å². The van der Waals surface area contributed by atoms with Crippen LogP contribution in [0.3, 0.4) is 0 Å². The Morgan fingerprint density at radius 2 is 2.12 bits per heavy atom. The average Bonchev–Trinajstić information content (AvgIpc) is 3.01. The van der Waals surface area contributed by atoms with Crippen LogP contribution in [0.1, 0.15) is 31.6 Å². The van der Waals surface area contributed by atoms with E-state index in [1.165, 1.54) is 6.08 Å². The van der Waals surface area contributed by atoms with E-state index in [9.17, 15) is 13.2 Å². The van der Waals surface area contributed by atoms with Crippen LogP contribution in [-0.2, 0) is 21.1 Å². The fraction of sp³-hybridized carbons (Fsp3) is 0.389. The third-order valence-corrected chi connectivity index (χ3v) is 6.26. The van der Waals surface area contributed by atoms with Crippen LogP contribution < -0.4 is 5.32 Å². The summed E-state index contributed by atoms with van der Waals surface area (Å²) in [6, 6.07) is 7.70. The number of hydrogen-bond donors (Lipinski definition) is 1. The SMILES string of the molecule is CCc1oc2ccccc2c1C=CC(=O)NC1(C)CCS(=O)(=O)C1. The van der Waals surface area contributed by atoms with Gasteiger partial charge in [0.05, 0.1) is 17.0 Å². The molecule has 1 aromatic heterocycles. The molecular weight excluding hydrogens is 326 g/mol. The first-order valence-electron chi connectivity index (χ1n) is 8.03. The second-order valence-corrected chi connectivity index (χ2v) is 8.70. The van der Waals surface area contributed by atoms with E-state index < -0.39 is 15.4 Å². The van der Waals surface area contributed by atoms with Crippen molar-refractivity contribution < 1.29 is 17.6 Å². The Morgan fingerprint density at radius 1 is 1.38 bits per heavy atom. The van der Waals surface area contributed by atoms with Gasteiger partial charge in [-0.05, 0) is 25.5 Å². The van der Waals surface area contributed by atoms with Crippen LogP contribution in [0.2, 0.25) is 0 Å². The van der Waals surface area contributed by atoms with Crippen molar-refractivity contribution in [3.63, 3.8) is 0 Å². The molecular formula is C18H21NO4S. The molecule has 24 heavy (non-hydrogen) atoms. The number of furan rings is 1. The number of amides is 1. The Hall–Kier alpha value is -2.08. The van der Waals surface area contributed by atoms with E-state index in [2.05, 4.69) is 5.32 Å². The molecule has 0 bridgehead atoms. The molecule has 128 valence electrons. The summed E-state index contributed by atoms with van der Waals surface area (Å²) in [6.45, 7) is 3.77. The van der Waals surface area contributed by atoms with Crippen molar-refractivity contribution in [2.45, 2.75) is 32.2 Å². The van der Waals surface area contributed by atoms with Crippen LogP contribution in [-0.4, -0.2) is 31.4 Å². The first kappa shape index (κ1) is 16.8. The van der Waals surface area contributed by atoms with Gasteiger partial charge in [0.2, 0.25) is 5.91 Å². The van der Waals surface area contributed by atoms with E-state index in [-0.39, 0.29) is 17.4 Å². The number of fused-ring (bicyclic) bond motifs is 1. The molecule has 2 heterocycles. The van der Waals surface area contributed by atoms with E-state index in [1.807, 2.05) is 31.2 Å². The van der Waals surface area contributed by atoms with Crippen LogP contribution >= 0.6 is 0 Å². The largest absolute Gasteiger partial charge is 0.460 e. The summed E-state index contributed by atoms with van der Waals surface area (Å²) in [6.07, 6.45) is 4.37. The molecule has 5 nitrogen and oxygen atoms in total. The lowest BCUT2D eigenvalue weighted by atomic mass is 10.0. The lowest BCUT2D eigenvalue weighted by molar-refractivity contribution is -0.117. The van der Waals surface area contributed by atoms with Crippen molar-refractivity contribution in [2.75, 3.05) is 11.5 Å². The highest BCUT2D eigenvalue weighted by molar-refractivity contribution is 7.91. The number of benzene rings is 1. The zero-order valence-electron chi connectivity index (χ0n) is 13.8. The van der Waals surface area contributed by atoms with Crippen molar-refractivity contribution in [3.05, 3.63) is 41.7 Å². The van der Waals surface area contributed by atoms with Gasteiger partial charge in [-0.1, -0.05) is 25.1 Å². The Bertz CT molecular complexity index is 910. The summed E-state index contributed by atoms with van der Waals surface area (Å²) in [7, 11) is -3.05. The summed E-state index contributed by atoms with van der Waals surface area (Å²) in [5.74, 6) is 0.658. The molecule has 2 aromatic rings. The zero-order chi connectivity index (χ0) is 17.4. The van der Waals surface area contributed by atoms with Crippen molar-refractivity contribution in [1.82, 2.24) is 5.32 Å². The second kappa shape index (κ2) is 6.09. The van der Waals surface area contributed by atoms with Gasteiger partial charge >= 0.3 is 0 Å². The summed E-state index contributed by atoms with van der Waals surface area (Å²) < 4.78 is 29.0. The van der Waals surface area contributed by atoms with E-state index in [4.69, 9.17) is 4.42 Å². The summed E-state index contributed by atoms with van der Waals surface area (Å²) in [4.78, 5) is 12.2. The van der Waals surface area contributed by atoms with Crippen molar-refractivity contribution in [3.8, 4) is 0 Å². The quantitative estimate of drug-likeness (QED) is 0.863. The number of rotatable bonds is 4. The number of para-hydroxylation sites is 1. The van der Waals surface area contributed by atoms with Crippen molar-refractivity contribution >= 4 is 32.8 Å². The molecule has 1 atom stereocenters. The van der Waals surface area contributed by atoms with Gasteiger partial charge in [0, 0.05) is 23.4 Å². The minimum atomic E-state index is -3.05. The van der Waals surface area contributed by atoms with Gasteiger partial charge in [-0.15, -0.1) is 0 Å². The molecule has 1 aromatic carbocycles. The molecule has 0 saturated carbocycles. The fourth-order valence-corrected chi connectivity index (χ4v) is 5.26. The number of aryl methyl sites for hydroxylation is 1. The highest BCUT2D eigenvalue weighted by Crippen LogP contribution is 2.27. The molecule has 0 spiro atoms. The Kier molecular flexibility index (Phi) is 4.25. The molecule has 1 saturated heterocycles. The molecule has 1 N–H and O–H groups in total. The van der Waals surface area contributed by atoms with Crippen molar-refractivity contribution in [1.29, 1.82) is 0 Å². The molecule has 1 fully saturated rings. The normalized spacial score (nSPS) is 23.1. The summed E-state index contributed by atoms with van der Waals surface area (Å²) in [5.41, 5.74) is 1.00. The maximum absolute atomic E-state index is 12.2. The third-order valence-electron chi connectivity index (χ3n) is 4.36. The number of hydrogen-bond acceptors (Lipinski definition) is 4. The second-order valence-electron chi connectivity index (χ2n) is 6.51. The van der Waals surface area contributed by atoms with Crippen LogP contribution in [0, 0.1) is 0 Å². The molecule has 0 radical (unpaired) electrons. The summed E-state index contributed by atoms with van der Waals surface area (Å²) in [5, 5.41) is 3.79. The molecule has 0 aliphatic carbocycles. The number of carbonyl (C=O) groups excluding carboxylic acids is 1. The monoisotopic (exact) mass is 347 g/mol. The van der Waals surface area contributed by atoms with Gasteiger partial charge < -0.3 is 9.73 Å². The van der Waals surface area contributed by atoms with Gasteiger partial charge in [0.1, 0.15) is 11.3 Å². The van der Waals surface area contributed by atoms with E-state index in [0.29, 0.717) is 6.42 Å². The number of sulfone groups is 1. The first-order chi connectivity index (χ1) is 11.3. The molecule has 1 aliphatic rings. The highest BCUT2D eigenvalue weighted by Gasteiger charge is 2.39. The van der Waals surface area contributed by atoms with Crippen LogP contribution in [0.4, 0.5) is 0 Å². The predicted octanol–water partition coefficient (Wildman–Crippen LogP) is 2.70. The lowest BCUT2D eigenvalue weighted by Gasteiger charge is -2.22. The minimum Gasteiger partial charge on any atom is -0.460 e.